The minimum Gasteiger partial charge on any atom is -0.336 e. The number of benzene rings is 1. The van der Waals surface area contributed by atoms with E-state index in [4.69, 9.17) is 4.98 Å². The van der Waals surface area contributed by atoms with Gasteiger partial charge in [0.15, 0.2) is 0 Å². The lowest BCUT2D eigenvalue weighted by Crippen LogP contribution is -2.34. The number of aryl methyl sites for hydroxylation is 2. The summed E-state index contributed by atoms with van der Waals surface area (Å²) in [6.07, 6.45) is 2.71. The Hall–Kier alpha value is -3.17. The number of likely N-dealkylation sites (N-methyl/N-ethyl adjacent to an activating group) is 1. The number of carbonyl (C=O) groups is 1. The van der Waals surface area contributed by atoms with Crippen LogP contribution in [0.5, 0.6) is 0 Å². The maximum Gasteiger partial charge on any atom is 0.274 e. The minimum absolute atomic E-state index is 0.0838. The van der Waals surface area contributed by atoms with Crippen LogP contribution in [0.4, 0.5) is 4.39 Å². The van der Waals surface area contributed by atoms with Crippen LogP contribution >= 0.6 is 11.3 Å². The molecular formula is C24H25FN6OS. The van der Waals surface area contributed by atoms with Crippen molar-refractivity contribution in [2.24, 2.45) is 0 Å². The van der Waals surface area contributed by atoms with Gasteiger partial charge in [0.1, 0.15) is 22.2 Å². The molecule has 0 radical (unpaired) electrons. The third kappa shape index (κ3) is 3.81. The van der Waals surface area contributed by atoms with E-state index < -0.39 is 0 Å². The van der Waals surface area contributed by atoms with E-state index in [-0.39, 0.29) is 11.7 Å². The molecule has 0 aliphatic carbocycles. The predicted octanol–water partition coefficient (Wildman–Crippen LogP) is 4.28. The van der Waals surface area contributed by atoms with Crippen molar-refractivity contribution in [3.05, 3.63) is 53.2 Å². The Kier molecular flexibility index (Phi) is 5.46. The van der Waals surface area contributed by atoms with Gasteiger partial charge in [0.2, 0.25) is 0 Å². The minimum atomic E-state index is -0.288. The summed E-state index contributed by atoms with van der Waals surface area (Å²) in [7, 11) is 4.08. The van der Waals surface area contributed by atoms with Gasteiger partial charge in [0, 0.05) is 47.5 Å². The van der Waals surface area contributed by atoms with Crippen LogP contribution in [0.25, 0.3) is 32.0 Å². The molecule has 1 aliphatic rings. The Bertz CT molecular complexity index is 1340. The lowest BCUT2D eigenvalue weighted by Gasteiger charge is -2.20. The fourth-order valence-corrected chi connectivity index (χ4v) is 5.28. The summed E-state index contributed by atoms with van der Waals surface area (Å²) >= 11 is 1.41. The third-order valence-electron chi connectivity index (χ3n) is 6.32. The van der Waals surface area contributed by atoms with Gasteiger partial charge in [-0.2, -0.15) is 5.10 Å². The van der Waals surface area contributed by atoms with Crippen molar-refractivity contribution in [2.75, 3.05) is 27.2 Å². The first kappa shape index (κ1) is 21.7. The molecule has 170 valence electrons. The van der Waals surface area contributed by atoms with Gasteiger partial charge in [0.05, 0.1) is 10.4 Å². The lowest BCUT2D eigenvalue weighted by molar-refractivity contribution is 0.0779. The van der Waals surface area contributed by atoms with Crippen molar-refractivity contribution in [1.29, 1.82) is 0 Å². The van der Waals surface area contributed by atoms with E-state index >= 15 is 0 Å². The molecule has 1 amide bonds. The molecule has 1 fully saturated rings. The number of carbonyl (C=O) groups excluding carboxylic acids is 1. The summed E-state index contributed by atoms with van der Waals surface area (Å²) in [5.41, 5.74) is 3.92. The van der Waals surface area contributed by atoms with Crippen LogP contribution in [0.1, 0.15) is 28.2 Å². The summed E-state index contributed by atoms with van der Waals surface area (Å²) in [6.45, 7) is 5.02. The number of hydrogen-bond acceptors (Lipinski definition) is 6. The Labute approximate surface area is 195 Å². The van der Waals surface area contributed by atoms with Gasteiger partial charge in [-0.25, -0.2) is 9.37 Å². The smallest absolute Gasteiger partial charge is 0.274 e. The molecule has 4 aromatic rings. The third-order valence-corrected chi connectivity index (χ3v) is 7.43. The normalized spacial score (nSPS) is 16.3. The second-order valence-corrected chi connectivity index (χ2v) is 9.71. The fraction of sp³-hybridized carbons (Fsp3) is 0.333. The van der Waals surface area contributed by atoms with Crippen LogP contribution in [0.2, 0.25) is 0 Å². The summed E-state index contributed by atoms with van der Waals surface area (Å²) in [6, 6.07) is 7.37. The van der Waals surface area contributed by atoms with Gasteiger partial charge in [-0.15, -0.1) is 11.3 Å². The molecule has 5 rings (SSSR count). The molecule has 1 atom stereocenters. The molecule has 33 heavy (non-hydrogen) atoms. The van der Waals surface area contributed by atoms with Crippen molar-refractivity contribution in [1.82, 2.24) is 30.0 Å². The fourth-order valence-electron chi connectivity index (χ4n) is 4.22. The van der Waals surface area contributed by atoms with E-state index in [1.165, 1.54) is 17.4 Å². The highest BCUT2D eigenvalue weighted by atomic mass is 32.1. The van der Waals surface area contributed by atoms with Crippen molar-refractivity contribution >= 4 is 28.1 Å². The lowest BCUT2D eigenvalue weighted by atomic mass is 10.1. The van der Waals surface area contributed by atoms with Crippen LogP contribution < -0.4 is 0 Å². The second-order valence-electron chi connectivity index (χ2n) is 8.71. The zero-order valence-corrected chi connectivity index (χ0v) is 19.8. The quantitative estimate of drug-likeness (QED) is 0.488. The second kappa shape index (κ2) is 8.31. The number of halogens is 1. The number of aromatic amines is 1. The Balaban J connectivity index is 1.61. The molecule has 0 spiro atoms. The van der Waals surface area contributed by atoms with E-state index in [0.29, 0.717) is 46.6 Å². The number of nitrogens with one attached hydrogen (secondary N) is 1. The number of fused-ring (bicyclic) bond motifs is 1. The molecule has 1 aromatic carbocycles. The molecule has 0 saturated carbocycles. The zero-order chi connectivity index (χ0) is 23.3. The van der Waals surface area contributed by atoms with Crippen LogP contribution in [-0.2, 0) is 0 Å². The van der Waals surface area contributed by atoms with Crippen LogP contribution in [0, 0.1) is 19.7 Å². The Morgan fingerprint density at radius 2 is 2.06 bits per heavy atom. The monoisotopic (exact) mass is 464 g/mol. The molecule has 3 aromatic heterocycles. The molecule has 1 aliphatic heterocycles. The highest BCUT2D eigenvalue weighted by molar-refractivity contribution is 7.18. The predicted molar refractivity (Wildman–Crippen MR) is 128 cm³/mol. The standard InChI is InChI=1S/C24H25FN6OS/c1-13-5-6-15(11-26-13)22-21(24(32)31-10-9-16(12-31)30(3)4)27-23(33-22)20-17-7-8-18(25)14(2)19(17)28-29-20/h5-8,11,16H,9-10,12H2,1-4H3,(H,28,29). The molecule has 4 heterocycles. The van der Waals surface area contributed by atoms with Gasteiger partial charge in [-0.3, -0.25) is 14.9 Å². The van der Waals surface area contributed by atoms with Crippen molar-refractivity contribution in [3.8, 4) is 21.1 Å². The number of amides is 1. The SMILES string of the molecule is Cc1ccc(-c2sc(-c3n[nH]c4c(C)c(F)ccc34)nc2C(=O)N2CCC(N(C)C)C2)cn1. The van der Waals surface area contributed by atoms with Gasteiger partial charge < -0.3 is 9.80 Å². The number of rotatable bonds is 4. The molecular weight excluding hydrogens is 439 g/mol. The molecule has 1 unspecified atom stereocenters. The number of hydrogen-bond donors (Lipinski definition) is 1. The van der Waals surface area contributed by atoms with Gasteiger partial charge in [0.25, 0.3) is 5.91 Å². The number of likely N-dealkylation sites (tertiary alicyclic amines) is 1. The number of thiazole rings is 1. The molecule has 0 bridgehead atoms. The largest absolute Gasteiger partial charge is 0.336 e. The van der Waals surface area contributed by atoms with E-state index in [2.05, 4.69) is 20.1 Å². The van der Waals surface area contributed by atoms with E-state index in [1.54, 1.807) is 19.2 Å². The van der Waals surface area contributed by atoms with Gasteiger partial charge in [-0.1, -0.05) is 6.07 Å². The first-order chi connectivity index (χ1) is 15.8. The molecule has 9 heteroatoms. The summed E-state index contributed by atoms with van der Waals surface area (Å²) in [5, 5.41) is 8.77. The first-order valence-corrected chi connectivity index (χ1v) is 11.7. The van der Waals surface area contributed by atoms with E-state index in [0.717, 1.165) is 27.9 Å². The van der Waals surface area contributed by atoms with Crippen LogP contribution in [-0.4, -0.2) is 69.1 Å². The van der Waals surface area contributed by atoms with Gasteiger partial charge in [-0.05, 0) is 52.6 Å². The maximum absolute atomic E-state index is 14.0. The highest BCUT2D eigenvalue weighted by Gasteiger charge is 2.32. The van der Waals surface area contributed by atoms with Crippen molar-refractivity contribution in [2.45, 2.75) is 26.3 Å². The molecule has 1 N–H and O–H groups in total. The zero-order valence-electron chi connectivity index (χ0n) is 19.0. The van der Waals surface area contributed by atoms with Crippen LogP contribution in [0.3, 0.4) is 0 Å². The first-order valence-electron chi connectivity index (χ1n) is 10.9. The summed E-state index contributed by atoms with van der Waals surface area (Å²) in [4.78, 5) is 27.6. The van der Waals surface area contributed by atoms with E-state index in [9.17, 15) is 9.18 Å². The molecule has 7 nitrogen and oxygen atoms in total. The average Bonchev–Trinajstić information content (AvgIpc) is 3.54. The number of aromatic nitrogens is 4. The number of H-pyrrole nitrogens is 1. The Morgan fingerprint density at radius 3 is 2.76 bits per heavy atom. The topological polar surface area (TPSA) is 78.0 Å². The maximum atomic E-state index is 14.0. The highest BCUT2D eigenvalue weighted by Crippen LogP contribution is 2.38. The average molecular weight is 465 g/mol. The van der Waals surface area contributed by atoms with Crippen LogP contribution in [0.15, 0.2) is 30.5 Å². The summed E-state index contributed by atoms with van der Waals surface area (Å²) in [5.74, 6) is -0.372. The van der Waals surface area contributed by atoms with Crippen molar-refractivity contribution < 1.29 is 9.18 Å². The number of pyridine rings is 1. The van der Waals surface area contributed by atoms with E-state index in [1.807, 2.05) is 38.1 Å². The van der Waals surface area contributed by atoms with Gasteiger partial charge >= 0.3 is 0 Å². The van der Waals surface area contributed by atoms with Crippen molar-refractivity contribution in [3.63, 3.8) is 0 Å². The summed E-state index contributed by atoms with van der Waals surface area (Å²) < 4.78 is 14.0. The Morgan fingerprint density at radius 1 is 1.24 bits per heavy atom. The number of nitrogens with zero attached hydrogens (tertiary/aromatic N) is 5. The molecule has 1 saturated heterocycles.